The number of piperazine rings is 1. The van der Waals surface area contributed by atoms with Gasteiger partial charge in [-0.3, -0.25) is 4.79 Å². The molecule has 0 aromatic heterocycles. The van der Waals surface area contributed by atoms with E-state index in [9.17, 15) is 13.2 Å². The van der Waals surface area contributed by atoms with Gasteiger partial charge in [0.1, 0.15) is 4.90 Å². The standard InChI is InChI=1S/C16H23Cl2N3O3S/c1-3-6-19-16(22)12(2)20-7-9-21(10-8-20)25(23,24)15-11-13(17)4-5-14(15)18/h4-5,11-12H,3,6-10H2,1-2H3,(H,19,22)/p+1/t12-/m1/s1. The van der Waals surface area contributed by atoms with Gasteiger partial charge in [0.15, 0.2) is 6.04 Å². The van der Waals surface area contributed by atoms with E-state index in [1.54, 1.807) is 6.07 Å². The zero-order valence-electron chi connectivity index (χ0n) is 14.4. The van der Waals surface area contributed by atoms with Gasteiger partial charge in [-0.25, -0.2) is 8.42 Å². The van der Waals surface area contributed by atoms with Crippen LogP contribution in [-0.2, 0) is 14.8 Å². The zero-order chi connectivity index (χ0) is 18.6. The van der Waals surface area contributed by atoms with Crippen molar-refractivity contribution in [3.63, 3.8) is 0 Å². The van der Waals surface area contributed by atoms with Crippen molar-refractivity contribution in [2.24, 2.45) is 0 Å². The first-order valence-electron chi connectivity index (χ1n) is 8.35. The van der Waals surface area contributed by atoms with Gasteiger partial charge in [-0.15, -0.1) is 0 Å². The third-order valence-corrected chi connectivity index (χ3v) is 7.05. The van der Waals surface area contributed by atoms with Crippen LogP contribution in [-0.4, -0.2) is 57.4 Å². The van der Waals surface area contributed by atoms with Gasteiger partial charge in [-0.2, -0.15) is 4.31 Å². The van der Waals surface area contributed by atoms with Crippen molar-refractivity contribution >= 4 is 39.1 Å². The van der Waals surface area contributed by atoms with Gasteiger partial charge >= 0.3 is 0 Å². The Kier molecular flexibility index (Phi) is 7.10. The molecule has 0 spiro atoms. The summed E-state index contributed by atoms with van der Waals surface area (Å²) in [7, 11) is -3.70. The Morgan fingerprint density at radius 1 is 1.32 bits per heavy atom. The highest BCUT2D eigenvalue weighted by Crippen LogP contribution is 2.27. The predicted molar refractivity (Wildman–Crippen MR) is 98.7 cm³/mol. The molecule has 1 aromatic rings. The Hall–Kier alpha value is -0.860. The van der Waals surface area contributed by atoms with Crippen molar-refractivity contribution in [1.29, 1.82) is 0 Å². The second kappa shape index (κ2) is 8.68. The summed E-state index contributed by atoms with van der Waals surface area (Å²) in [6, 6.07) is 4.21. The quantitative estimate of drug-likeness (QED) is 0.730. The Bertz CT molecular complexity index is 719. The van der Waals surface area contributed by atoms with Crippen molar-refractivity contribution in [3.8, 4) is 0 Å². The minimum Gasteiger partial charge on any atom is -0.351 e. The molecule has 0 saturated carbocycles. The van der Waals surface area contributed by atoms with E-state index in [0.29, 0.717) is 37.7 Å². The normalized spacial score (nSPS) is 18.1. The van der Waals surface area contributed by atoms with Crippen molar-refractivity contribution in [1.82, 2.24) is 9.62 Å². The summed E-state index contributed by atoms with van der Waals surface area (Å²) in [5, 5.41) is 3.37. The molecule has 2 rings (SSSR count). The van der Waals surface area contributed by atoms with Crippen LogP contribution in [0.2, 0.25) is 10.0 Å². The molecule has 1 saturated heterocycles. The van der Waals surface area contributed by atoms with Crippen LogP contribution in [0.3, 0.4) is 0 Å². The van der Waals surface area contributed by atoms with Crippen LogP contribution in [0.5, 0.6) is 0 Å². The van der Waals surface area contributed by atoms with Gasteiger partial charge in [-0.05, 0) is 31.5 Å². The molecule has 140 valence electrons. The zero-order valence-corrected chi connectivity index (χ0v) is 16.7. The van der Waals surface area contributed by atoms with Crippen molar-refractivity contribution in [2.45, 2.75) is 31.2 Å². The summed E-state index contributed by atoms with van der Waals surface area (Å²) in [5.74, 6) is 0.00560. The van der Waals surface area contributed by atoms with Crippen LogP contribution >= 0.6 is 23.2 Å². The van der Waals surface area contributed by atoms with Crippen LogP contribution in [0.25, 0.3) is 0 Å². The fourth-order valence-electron chi connectivity index (χ4n) is 2.85. The number of sulfonamides is 1. The number of nitrogens with zero attached hydrogens (tertiary/aromatic N) is 1. The number of halogens is 2. The number of amides is 1. The highest BCUT2D eigenvalue weighted by molar-refractivity contribution is 7.89. The molecule has 0 radical (unpaired) electrons. The molecule has 1 fully saturated rings. The molecule has 0 aliphatic carbocycles. The first-order chi connectivity index (χ1) is 11.8. The van der Waals surface area contributed by atoms with E-state index in [-0.39, 0.29) is 21.9 Å². The van der Waals surface area contributed by atoms with Gasteiger partial charge in [0.25, 0.3) is 5.91 Å². The van der Waals surface area contributed by atoms with E-state index < -0.39 is 10.0 Å². The lowest BCUT2D eigenvalue weighted by Gasteiger charge is -2.34. The summed E-state index contributed by atoms with van der Waals surface area (Å²) < 4.78 is 27.0. The Labute approximate surface area is 159 Å². The summed E-state index contributed by atoms with van der Waals surface area (Å²) in [6.07, 6.45) is 0.889. The van der Waals surface area contributed by atoms with E-state index >= 15 is 0 Å². The van der Waals surface area contributed by atoms with Crippen LogP contribution < -0.4 is 10.2 Å². The van der Waals surface area contributed by atoms with E-state index in [1.165, 1.54) is 16.4 Å². The van der Waals surface area contributed by atoms with Crippen LogP contribution in [0.4, 0.5) is 0 Å². The van der Waals surface area contributed by atoms with E-state index in [2.05, 4.69) is 5.32 Å². The Morgan fingerprint density at radius 3 is 2.56 bits per heavy atom. The number of benzene rings is 1. The average Bonchev–Trinajstić information content (AvgIpc) is 2.61. The molecule has 1 atom stereocenters. The Morgan fingerprint density at radius 2 is 1.96 bits per heavy atom. The number of nitrogens with one attached hydrogen (secondary N) is 2. The maximum atomic E-state index is 12.8. The lowest BCUT2D eigenvalue weighted by atomic mass is 10.2. The molecule has 1 aliphatic rings. The van der Waals surface area contributed by atoms with Gasteiger partial charge in [0.2, 0.25) is 10.0 Å². The van der Waals surface area contributed by atoms with E-state index in [1.807, 2.05) is 13.8 Å². The minimum absolute atomic E-state index is 0.00560. The van der Waals surface area contributed by atoms with Crippen molar-refractivity contribution in [2.75, 3.05) is 32.7 Å². The highest BCUT2D eigenvalue weighted by atomic mass is 35.5. The number of rotatable bonds is 6. The maximum absolute atomic E-state index is 12.8. The molecule has 9 heteroatoms. The summed E-state index contributed by atoms with van der Waals surface area (Å²) >= 11 is 12.0. The van der Waals surface area contributed by atoms with Crippen LogP contribution in [0.15, 0.2) is 23.1 Å². The largest absolute Gasteiger partial charge is 0.351 e. The monoisotopic (exact) mass is 408 g/mol. The number of carbonyl (C=O) groups excluding carboxylic acids is 1. The average molecular weight is 409 g/mol. The SMILES string of the molecule is CCCNC(=O)[C@@H](C)[NH+]1CCN(S(=O)(=O)c2cc(Cl)ccc2Cl)CC1. The third kappa shape index (κ3) is 4.86. The molecule has 1 amide bonds. The molecule has 1 aromatic carbocycles. The second-order valence-electron chi connectivity index (χ2n) is 6.15. The molecule has 25 heavy (non-hydrogen) atoms. The topological polar surface area (TPSA) is 70.9 Å². The minimum atomic E-state index is -3.70. The molecule has 2 N–H and O–H groups in total. The first kappa shape index (κ1) is 20.5. The Balaban J connectivity index is 2.04. The number of hydrogen-bond donors (Lipinski definition) is 2. The molecular weight excluding hydrogens is 385 g/mol. The number of hydrogen-bond acceptors (Lipinski definition) is 3. The predicted octanol–water partition coefficient (Wildman–Crippen LogP) is 0.797. The smallest absolute Gasteiger partial charge is 0.278 e. The third-order valence-electron chi connectivity index (χ3n) is 4.43. The number of carbonyl (C=O) groups is 1. The van der Waals surface area contributed by atoms with Gasteiger partial charge < -0.3 is 10.2 Å². The molecular formula is C16H24Cl2N3O3S+. The van der Waals surface area contributed by atoms with Gasteiger partial charge in [0, 0.05) is 11.6 Å². The van der Waals surface area contributed by atoms with Crippen molar-refractivity contribution in [3.05, 3.63) is 28.2 Å². The van der Waals surface area contributed by atoms with E-state index in [4.69, 9.17) is 23.2 Å². The van der Waals surface area contributed by atoms with Gasteiger partial charge in [0.05, 0.1) is 31.2 Å². The van der Waals surface area contributed by atoms with E-state index in [0.717, 1.165) is 11.3 Å². The lowest BCUT2D eigenvalue weighted by molar-refractivity contribution is -0.917. The second-order valence-corrected chi connectivity index (χ2v) is 8.90. The lowest BCUT2D eigenvalue weighted by Crippen LogP contribution is -3.19. The summed E-state index contributed by atoms with van der Waals surface area (Å²) in [4.78, 5) is 13.2. The van der Waals surface area contributed by atoms with Crippen molar-refractivity contribution < 1.29 is 18.1 Å². The number of quaternary nitrogens is 1. The fraction of sp³-hybridized carbons (Fsp3) is 0.562. The fourth-order valence-corrected chi connectivity index (χ4v) is 5.03. The van der Waals surface area contributed by atoms with Crippen LogP contribution in [0, 0.1) is 0 Å². The molecule has 1 aliphatic heterocycles. The molecule has 0 unspecified atom stereocenters. The van der Waals surface area contributed by atoms with Crippen LogP contribution in [0.1, 0.15) is 20.3 Å². The summed E-state index contributed by atoms with van der Waals surface area (Å²) in [6.45, 7) is 6.35. The first-order valence-corrected chi connectivity index (χ1v) is 10.5. The molecule has 6 nitrogen and oxygen atoms in total. The van der Waals surface area contributed by atoms with Gasteiger partial charge in [-0.1, -0.05) is 30.1 Å². The maximum Gasteiger partial charge on any atom is 0.278 e. The summed E-state index contributed by atoms with van der Waals surface area (Å²) in [5.41, 5.74) is 0. The molecule has 1 heterocycles. The highest BCUT2D eigenvalue weighted by Gasteiger charge is 2.35. The molecule has 0 bridgehead atoms.